The number of nitrogens with zero attached hydrogens (tertiary/aromatic N) is 4. The Kier molecular flexibility index (Phi) is 5.87. The monoisotopic (exact) mass is 578 g/mol. The number of fused-ring (bicyclic) bond motifs is 2. The van der Waals surface area contributed by atoms with Gasteiger partial charge in [-0.05, 0) is 47.9 Å². The standard InChI is InChI=1S/C24H15F5N6O2S2/c25-20(26)12-6-10(9-3-4-9)17-18(19(21(30)36)39-23(17)32-12)33-22(37)13-8-16-31-11(14-2-1-5-38-14)7-15(24(27,28)29)35(16)34-13/h1-2,5-9,20H,3-4H2,(H2,30,36)(H,33,37). The molecule has 0 bridgehead atoms. The molecule has 0 aliphatic heterocycles. The average Bonchev–Trinajstić information content (AvgIpc) is 3.26. The van der Waals surface area contributed by atoms with Crippen LogP contribution in [0.1, 0.15) is 62.3 Å². The Morgan fingerprint density at radius 1 is 1.15 bits per heavy atom. The van der Waals surface area contributed by atoms with Crippen LogP contribution in [0.2, 0.25) is 0 Å². The summed E-state index contributed by atoms with van der Waals surface area (Å²) in [5.74, 6) is -1.93. The molecule has 0 radical (unpaired) electrons. The van der Waals surface area contributed by atoms with Crippen LogP contribution in [0.25, 0.3) is 26.4 Å². The highest BCUT2D eigenvalue weighted by molar-refractivity contribution is 7.21. The number of thiophene rings is 2. The third-order valence-corrected chi connectivity index (χ3v) is 8.13. The van der Waals surface area contributed by atoms with Gasteiger partial charge in [0.05, 0.1) is 16.3 Å². The van der Waals surface area contributed by atoms with Gasteiger partial charge < -0.3 is 11.1 Å². The zero-order valence-corrected chi connectivity index (χ0v) is 21.1. The largest absolute Gasteiger partial charge is 0.433 e. The number of rotatable bonds is 6. The van der Waals surface area contributed by atoms with Crippen molar-refractivity contribution in [3.8, 4) is 10.6 Å². The van der Waals surface area contributed by atoms with E-state index in [4.69, 9.17) is 5.73 Å². The summed E-state index contributed by atoms with van der Waals surface area (Å²) < 4.78 is 69.2. The highest BCUT2D eigenvalue weighted by Crippen LogP contribution is 2.48. The van der Waals surface area contributed by atoms with Crippen molar-refractivity contribution in [2.75, 3.05) is 5.32 Å². The fourth-order valence-electron chi connectivity index (χ4n) is 4.28. The maximum atomic E-state index is 13.9. The van der Waals surface area contributed by atoms with E-state index in [2.05, 4.69) is 20.4 Å². The maximum Gasteiger partial charge on any atom is 0.433 e. The molecule has 5 aromatic rings. The van der Waals surface area contributed by atoms with E-state index in [9.17, 15) is 31.5 Å². The zero-order valence-electron chi connectivity index (χ0n) is 19.4. The number of halogens is 5. The minimum Gasteiger partial charge on any atom is -0.365 e. The number of hydrogen-bond acceptors (Lipinski definition) is 7. The second-order valence-corrected chi connectivity index (χ2v) is 10.8. The molecule has 1 aliphatic carbocycles. The minimum absolute atomic E-state index is 0.0388. The Bertz CT molecular complexity index is 1770. The number of nitrogens with two attached hydrogens (primary N) is 1. The van der Waals surface area contributed by atoms with Crippen LogP contribution in [0.15, 0.2) is 35.7 Å². The molecule has 0 spiro atoms. The van der Waals surface area contributed by atoms with Gasteiger partial charge in [0.15, 0.2) is 17.0 Å². The molecule has 0 aromatic carbocycles. The number of amides is 2. The van der Waals surface area contributed by atoms with Crippen LogP contribution in [0.5, 0.6) is 0 Å². The van der Waals surface area contributed by atoms with Crippen LogP contribution in [0, 0.1) is 0 Å². The summed E-state index contributed by atoms with van der Waals surface area (Å²) in [7, 11) is 0. The van der Waals surface area contributed by atoms with E-state index >= 15 is 0 Å². The average molecular weight is 579 g/mol. The van der Waals surface area contributed by atoms with Crippen molar-refractivity contribution in [3.63, 3.8) is 0 Å². The molecule has 1 fully saturated rings. The van der Waals surface area contributed by atoms with Gasteiger partial charge in [0, 0.05) is 11.5 Å². The van der Waals surface area contributed by atoms with E-state index in [-0.39, 0.29) is 32.7 Å². The van der Waals surface area contributed by atoms with E-state index in [1.165, 1.54) is 17.4 Å². The first-order chi connectivity index (χ1) is 18.5. The maximum absolute atomic E-state index is 13.9. The van der Waals surface area contributed by atoms with Gasteiger partial charge in [-0.2, -0.15) is 18.3 Å². The van der Waals surface area contributed by atoms with E-state index in [0.29, 0.717) is 20.3 Å². The number of alkyl halides is 5. The van der Waals surface area contributed by atoms with Crippen molar-refractivity contribution >= 4 is 56.0 Å². The van der Waals surface area contributed by atoms with Crippen LogP contribution >= 0.6 is 22.7 Å². The summed E-state index contributed by atoms with van der Waals surface area (Å²) >= 11 is 1.95. The highest BCUT2D eigenvalue weighted by Gasteiger charge is 2.36. The normalized spacial score (nSPS) is 14.0. The lowest BCUT2D eigenvalue weighted by atomic mass is 10.0. The summed E-state index contributed by atoms with van der Waals surface area (Å²) in [5, 5.41) is 8.36. The van der Waals surface area contributed by atoms with E-state index in [1.807, 2.05) is 0 Å². The fraction of sp³-hybridized carbons (Fsp3) is 0.208. The number of pyridine rings is 1. The molecule has 6 rings (SSSR count). The van der Waals surface area contributed by atoms with Crippen molar-refractivity contribution in [1.29, 1.82) is 0 Å². The summed E-state index contributed by atoms with van der Waals surface area (Å²) in [6.45, 7) is 0. The van der Waals surface area contributed by atoms with E-state index in [0.717, 1.165) is 36.3 Å². The van der Waals surface area contributed by atoms with Crippen molar-refractivity contribution in [2.45, 2.75) is 31.4 Å². The molecule has 0 atom stereocenters. The third kappa shape index (κ3) is 4.50. The Labute approximate surface area is 223 Å². The smallest absolute Gasteiger partial charge is 0.365 e. The van der Waals surface area contributed by atoms with Crippen molar-refractivity contribution < 1.29 is 31.5 Å². The number of carbonyl (C=O) groups excluding carboxylic acids is 2. The topological polar surface area (TPSA) is 115 Å². The molecule has 1 saturated carbocycles. The number of aromatic nitrogens is 4. The van der Waals surface area contributed by atoms with Crippen molar-refractivity contribution in [3.05, 3.63) is 63.2 Å². The third-order valence-electron chi connectivity index (χ3n) is 6.14. The van der Waals surface area contributed by atoms with Crippen LogP contribution in [-0.4, -0.2) is 31.4 Å². The first-order valence-electron chi connectivity index (χ1n) is 11.4. The van der Waals surface area contributed by atoms with Gasteiger partial charge in [-0.15, -0.1) is 22.7 Å². The van der Waals surface area contributed by atoms with Gasteiger partial charge in [0.25, 0.3) is 18.2 Å². The molecule has 8 nitrogen and oxygen atoms in total. The molecule has 0 saturated heterocycles. The molecule has 3 N–H and O–H groups in total. The summed E-state index contributed by atoms with van der Waals surface area (Å²) in [6.07, 6.45) is -6.21. The van der Waals surface area contributed by atoms with Gasteiger partial charge in [0.1, 0.15) is 15.4 Å². The Balaban J connectivity index is 1.46. The molecule has 39 heavy (non-hydrogen) atoms. The zero-order chi connectivity index (χ0) is 27.6. The quantitative estimate of drug-likeness (QED) is 0.231. The predicted octanol–water partition coefficient (Wildman–Crippen LogP) is 6.25. The Morgan fingerprint density at radius 2 is 1.92 bits per heavy atom. The number of nitrogens with one attached hydrogen (secondary N) is 1. The number of anilines is 1. The molecule has 0 unspecified atom stereocenters. The Morgan fingerprint density at radius 3 is 2.54 bits per heavy atom. The predicted molar refractivity (Wildman–Crippen MR) is 134 cm³/mol. The van der Waals surface area contributed by atoms with Crippen LogP contribution in [0.4, 0.5) is 27.6 Å². The first kappa shape index (κ1) is 25.3. The number of carbonyl (C=O) groups is 2. The molecular formula is C24H15F5N6O2S2. The lowest BCUT2D eigenvalue weighted by molar-refractivity contribution is -0.142. The van der Waals surface area contributed by atoms with Crippen LogP contribution in [-0.2, 0) is 6.18 Å². The molecule has 15 heteroatoms. The molecule has 5 aromatic heterocycles. The van der Waals surface area contributed by atoms with Crippen molar-refractivity contribution in [2.24, 2.45) is 5.73 Å². The molecule has 1 aliphatic rings. The lowest BCUT2D eigenvalue weighted by Gasteiger charge is -2.10. The molecule has 5 heterocycles. The summed E-state index contributed by atoms with van der Waals surface area (Å²) in [5.41, 5.74) is 3.81. The van der Waals surface area contributed by atoms with Crippen LogP contribution in [0.3, 0.4) is 0 Å². The lowest BCUT2D eigenvalue weighted by Crippen LogP contribution is -2.18. The van der Waals surface area contributed by atoms with E-state index < -0.39 is 41.5 Å². The summed E-state index contributed by atoms with van der Waals surface area (Å²) in [4.78, 5) is 34.1. The molecule has 2 amide bonds. The van der Waals surface area contributed by atoms with Gasteiger partial charge in [0.2, 0.25) is 0 Å². The van der Waals surface area contributed by atoms with Crippen molar-refractivity contribution in [1.82, 2.24) is 19.6 Å². The molecular weight excluding hydrogens is 563 g/mol. The number of hydrogen-bond donors (Lipinski definition) is 2. The first-order valence-corrected chi connectivity index (χ1v) is 13.1. The second kappa shape index (κ2) is 9.05. The fourth-order valence-corrected chi connectivity index (χ4v) is 5.99. The SMILES string of the molecule is NC(=O)c1sc2nc(C(F)F)cc(C3CC3)c2c1NC(=O)c1cc2nc(-c3cccs3)cc(C(F)(F)F)n2n1. The minimum atomic E-state index is -4.80. The summed E-state index contributed by atoms with van der Waals surface area (Å²) in [6, 6.07) is 6.47. The highest BCUT2D eigenvalue weighted by atomic mass is 32.1. The molecule has 200 valence electrons. The van der Waals surface area contributed by atoms with Crippen LogP contribution < -0.4 is 11.1 Å². The second-order valence-electron chi connectivity index (χ2n) is 8.82. The van der Waals surface area contributed by atoms with Gasteiger partial charge >= 0.3 is 6.18 Å². The van der Waals surface area contributed by atoms with E-state index in [1.54, 1.807) is 17.5 Å². The Hall–Kier alpha value is -3.98. The van der Waals surface area contributed by atoms with Gasteiger partial charge in [-0.3, -0.25) is 9.59 Å². The van der Waals surface area contributed by atoms with Gasteiger partial charge in [-0.25, -0.2) is 23.3 Å². The van der Waals surface area contributed by atoms with Gasteiger partial charge in [-0.1, -0.05) is 6.07 Å². The number of primary amides is 1.